The highest BCUT2D eigenvalue weighted by atomic mass is 16.7. The Morgan fingerprint density at radius 2 is 0.971 bits per heavy atom. The lowest BCUT2D eigenvalue weighted by Gasteiger charge is -2.41. The van der Waals surface area contributed by atoms with Gasteiger partial charge in [0, 0.05) is 6.42 Å². The Balaban J connectivity index is 2.70. The fourth-order valence-electron chi connectivity index (χ4n) is 8.86. The fraction of sp³-hybridized carbons (Fsp3) is 0.862. The monoisotopic (exact) mass is 978 g/mol. The number of aliphatic hydroxyl groups is 5. The van der Waals surface area contributed by atoms with Gasteiger partial charge in [0.05, 0.1) is 25.4 Å². The fourth-order valence-corrected chi connectivity index (χ4v) is 8.86. The third-order valence-electron chi connectivity index (χ3n) is 13.5. The lowest BCUT2D eigenvalue weighted by molar-refractivity contribution is -0.305. The quantitative estimate of drug-likeness (QED) is 0.0196. The molecule has 8 atom stereocenters. The molecule has 0 aromatic rings. The number of carbonyl (C=O) groups is 2. The predicted octanol–water partition coefficient (Wildman–Crippen LogP) is 12.7. The third-order valence-corrected chi connectivity index (χ3v) is 13.5. The summed E-state index contributed by atoms with van der Waals surface area (Å²) >= 11 is 0. The maximum atomic E-state index is 13.4. The Labute approximate surface area is 422 Å². The number of nitrogens with one attached hydrogen (secondary N) is 1. The number of esters is 1. The van der Waals surface area contributed by atoms with E-state index in [0.29, 0.717) is 12.8 Å². The van der Waals surface area contributed by atoms with Crippen LogP contribution in [0.4, 0.5) is 0 Å². The second-order valence-corrected chi connectivity index (χ2v) is 20.0. The second-order valence-electron chi connectivity index (χ2n) is 20.0. The van der Waals surface area contributed by atoms with E-state index in [1.807, 2.05) is 6.08 Å². The van der Waals surface area contributed by atoms with Gasteiger partial charge in [-0.05, 0) is 70.6 Å². The molecule has 11 heteroatoms. The van der Waals surface area contributed by atoms with Crippen LogP contribution >= 0.6 is 0 Å². The van der Waals surface area contributed by atoms with Crippen molar-refractivity contribution >= 4 is 11.9 Å². The molecule has 0 radical (unpaired) electrons. The van der Waals surface area contributed by atoms with Crippen molar-refractivity contribution in [1.29, 1.82) is 0 Å². The number of rotatable bonds is 48. The highest BCUT2D eigenvalue weighted by Gasteiger charge is 2.47. The van der Waals surface area contributed by atoms with E-state index >= 15 is 0 Å². The molecule has 404 valence electrons. The average molecular weight is 978 g/mol. The molecule has 8 unspecified atom stereocenters. The smallest absolute Gasteiger partial charge is 0.306 e. The molecule has 1 heterocycles. The molecule has 69 heavy (non-hydrogen) atoms. The molecule has 1 fully saturated rings. The van der Waals surface area contributed by atoms with E-state index in [-0.39, 0.29) is 19.4 Å². The number of ether oxygens (including phenoxy) is 3. The lowest BCUT2D eigenvalue weighted by Crippen LogP contribution is -2.61. The van der Waals surface area contributed by atoms with Crippen molar-refractivity contribution < 1.29 is 49.3 Å². The molecule has 1 saturated heterocycles. The van der Waals surface area contributed by atoms with Crippen LogP contribution in [0, 0.1) is 0 Å². The Bertz CT molecular complexity index is 1260. The van der Waals surface area contributed by atoms with Crippen LogP contribution in [0.3, 0.4) is 0 Å². The van der Waals surface area contributed by atoms with E-state index in [4.69, 9.17) is 14.2 Å². The van der Waals surface area contributed by atoms with Gasteiger partial charge in [-0.2, -0.15) is 0 Å². The van der Waals surface area contributed by atoms with Crippen LogP contribution in [0.5, 0.6) is 0 Å². The molecule has 0 aliphatic carbocycles. The summed E-state index contributed by atoms with van der Waals surface area (Å²) in [6.07, 6.45) is 43.4. The standard InChI is InChI=1S/C58H107NO10/c1-4-7-10-13-16-19-22-23-24-25-26-27-28-31-33-36-39-42-45-51(62)57(66)59-49(50(61)44-41-38-35-32-29-20-17-14-11-8-5-2)48-67-58-56(55(65)54(64)52(47-60)68-58)69-53(63)46-43-40-37-34-30-21-18-15-12-9-6-3/h15,18,23-24,41,44,49-52,54-56,58,60-62,64-65H,4-14,16-17,19-22,25-40,42-43,45-48H2,1-3H3,(H,59,66)/b18-15-,24-23+,44-41+. The van der Waals surface area contributed by atoms with Crippen LogP contribution in [0.1, 0.15) is 258 Å². The summed E-state index contributed by atoms with van der Waals surface area (Å²) < 4.78 is 17.5. The van der Waals surface area contributed by atoms with Gasteiger partial charge in [-0.1, -0.05) is 218 Å². The van der Waals surface area contributed by atoms with Crippen LogP contribution in [-0.2, 0) is 23.8 Å². The number of aliphatic hydroxyl groups excluding tert-OH is 5. The van der Waals surface area contributed by atoms with Crippen molar-refractivity contribution in [1.82, 2.24) is 5.32 Å². The van der Waals surface area contributed by atoms with E-state index < -0.39 is 67.4 Å². The van der Waals surface area contributed by atoms with Gasteiger partial charge in [0.2, 0.25) is 5.91 Å². The minimum atomic E-state index is -1.61. The molecule has 0 aromatic carbocycles. The minimum absolute atomic E-state index is 0.114. The molecule has 0 aromatic heterocycles. The highest BCUT2D eigenvalue weighted by molar-refractivity contribution is 5.80. The average Bonchev–Trinajstić information content (AvgIpc) is 3.34. The zero-order chi connectivity index (χ0) is 50.4. The topological polar surface area (TPSA) is 175 Å². The first-order valence-corrected chi connectivity index (χ1v) is 28.8. The summed E-state index contributed by atoms with van der Waals surface area (Å²) in [6.45, 7) is 5.72. The zero-order valence-electron chi connectivity index (χ0n) is 44.4. The van der Waals surface area contributed by atoms with Crippen molar-refractivity contribution in [3.63, 3.8) is 0 Å². The molecule has 1 aliphatic rings. The van der Waals surface area contributed by atoms with Crippen LogP contribution in [0.15, 0.2) is 36.5 Å². The first-order valence-electron chi connectivity index (χ1n) is 28.8. The number of amides is 1. The Morgan fingerprint density at radius 3 is 1.45 bits per heavy atom. The van der Waals surface area contributed by atoms with Crippen molar-refractivity contribution in [3.8, 4) is 0 Å². The maximum Gasteiger partial charge on any atom is 0.306 e. The van der Waals surface area contributed by atoms with Crippen molar-refractivity contribution in [2.75, 3.05) is 13.2 Å². The Hall–Kier alpha value is -2.12. The van der Waals surface area contributed by atoms with Gasteiger partial charge < -0.3 is 45.1 Å². The van der Waals surface area contributed by atoms with Crippen LogP contribution in [0.2, 0.25) is 0 Å². The van der Waals surface area contributed by atoms with Gasteiger partial charge in [0.15, 0.2) is 12.4 Å². The zero-order valence-corrected chi connectivity index (χ0v) is 44.4. The number of carbonyl (C=O) groups excluding carboxylic acids is 2. The molecule has 1 rings (SSSR count). The summed E-state index contributed by atoms with van der Waals surface area (Å²) in [7, 11) is 0. The molecule has 11 nitrogen and oxygen atoms in total. The van der Waals surface area contributed by atoms with Crippen molar-refractivity contribution in [2.45, 2.75) is 307 Å². The molecule has 6 N–H and O–H groups in total. The van der Waals surface area contributed by atoms with Gasteiger partial charge in [-0.15, -0.1) is 0 Å². The summed E-state index contributed by atoms with van der Waals surface area (Å²) in [6, 6.07) is -1.02. The third kappa shape index (κ3) is 35.6. The van der Waals surface area contributed by atoms with Gasteiger partial charge in [-0.25, -0.2) is 0 Å². The molecule has 1 aliphatic heterocycles. The van der Waals surface area contributed by atoms with Crippen molar-refractivity contribution in [3.05, 3.63) is 36.5 Å². The molecular weight excluding hydrogens is 871 g/mol. The van der Waals surface area contributed by atoms with Crippen LogP contribution < -0.4 is 5.32 Å². The van der Waals surface area contributed by atoms with E-state index in [9.17, 15) is 35.1 Å². The SMILES string of the molecule is CCCC/C=C\CCCCCCCC(=O)OC1C(OCC(NC(=O)C(O)CCCCCCCCCC/C=C/CCCCCCCC)C(O)/C=C/CCCCCCCCCCC)OC(CO)C(O)C1O. The van der Waals surface area contributed by atoms with Crippen LogP contribution in [-0.4, -0.2) is 99.6 Å². The van der Waals surface area contributed by atoms with Gasteiger partial charge in [0.25, 0.3) is 0 Å². The number of hydrogen-bond donors (Lipinski definition) is 6. The van der Waals surface area contributed by atoms with Gasteiger partial charge >= 0.3 is 5.97 Å². The maximum absolute atomic E-state index is 13.4. The molecule has 1 amide bonds. The predicted molar refractivity (Wildman–Crippen MR) is 283 cm³/mol. The van der Waals surface area contributed by atoms with E-state index in [0.717, 1.165) is 83.5 Å². The molecular formula is C58H107NO10. The summed E-state index contributed by atoms with van der Waals surface area (Å²) in [5, 5.41) is 56.7. The van der Waals surface area contributed by atoms with Gasteiger partial charge in [-0.3, -0.25) is 9.59 Å². The van der Waals surface area contributed by atoms with E-state index in [1.165, 1.54) is 128 Å². The summed E-state index contributed by atoms with van der Waals surface area (Å²) in [5.74, 6) is -1.20. The Morgan fingerprint density at radius 1 is 0.551 bits per heavy atom. The lowest BCUT2D eigenvalue weighted by atomic mass is 9.99. The number of hydrogen-bond acceptors (Lipinski definition) is 10. The minimum Gasteiger partial charge on any atom is -0.454 e. The number of unbranched alkanes of at least 4 members (excludes halogenated alkanes) is 30. The van der Waals surface area contributed by atoms with E-state index in [2.05, 4.69) is 50.4 Å². The summed E-state index contributed by atoms with van der Waals surface area (Å²) in [5.41, 5.74) is 0. The first-order chi connectivity index (χ1) is 33.7. The van der Waals surface area contributed by atoms with Crippen molar-refractivity contribution in [2.24, 2.45) is 0 Å². The Kier molecular flexibility index (Phi) is 44.1. The normalized spacial score (nSPS) is 20.0. The first kappa shape index (κ1) is 64.9. The largest absolute Gasteiger partial charge is 0.454 e. The van der Waals surface area contributed by atoms with E-state index in [1.54, 1.807) is 6.08 Å². The summed E-state index contributed by atoms with van der Waals surface area (Å²) in [4.78, 5) is 26.4. The molecule has 0 saturated carbocycles. The highest BCUT2D eigenvalue weighted by Crippen LogP contribution is 2.26. The molecule has 0 spiro atoms. The molecule has 0 bridgehead atoms. The van der Waals surface area contributed by atoms with Gasteiger partial charge in [0.1, 0.15) is 24.4 Å². The number of allylic oxidation sites excluding steroid dienone is 5. The van der Waals surface area contributed by atoms with Crippen LogP contribution in [0.25, 0.3) is 0 Å². The second kappa shape index (κ2) is 46.9.